The predicted octanol–water partition coefficient (Wildman–Crippen LogP) is 2.49. The lowest BCUT2D eigenvalue weighted by molar-refractivity contribution is 0.970. The Hall–Kier alpha value is -0.340. The fourth-order valence-corrected chi connectivity index (χ4v) is 1.06. The van der Waals surface area contributed by atoms with Gasteiger partial charge in [-0.2, -0.15) is 0 Å². The van der Waals surface area contributed by atoms with Gasteiger partial charge in [0, 0.05) is 11.3 Å². The third kappa shape index (κ3) is 1.82. The third-order valence-electron chi connectivity index (χ3n) is 1.50. The van der Waals surface area contributed by atoms with Gasteiger partial charge in [0.2, 0.25) is 0 Å². The summed E-state index contributed by atoms with van der Waals surface area (Å²) < 4.78 is 0. The summed E-state index contributed by atoms with van der Waals surface area (Å²) in [6.07, 6.45) is 0. The van der Waals surface area contributed by atoms with Crippen molar-refractivity contribution >= 4 is 23.2 Å². The molecule has 2 nitrogen and oxygen atoms in total. The van der Waals surface area contributed by atoms with Crippen LogP contribution in [-0.2, 0) is 5.88 Å². The number of aryl methyl sites for hydroxylation is 1. The molecule has 0 spiro atoms. The van der Waals surface area contributed by atoms with Gasteiger partial charge in [0.15, 0.2) is 0 Å². The molecule has 11 heavy (non-hydrogen) atoms. The maximum atomic E-state index is 5.79. The molecule has 60 valence electrons. The number of rotatable bonds is 1. The van der Waals surface area contributed by atoms with E-state index in [2.05, 4.69) is 9.97 Å². The van der Waals surface area contributed by atoms with Gasteiger partial charge in [-0.05, 0) is 13.8 Å². The molecule has 0 saturated heterocycles. The van der Waals surface area contributed by atoms with Crippen LogP contribution in [-0.4, -0.2) is 9.97 Å². The average molecular weight is 191 g/mol. The van der Waals surface area contributed by atoms with Crippen LogP contribution in [0.3, 0.4) is 0 Å². The molecule has 1 rings (SSSR count). The molecule has 0 atom stereocenters. The lowest BCUT2D eigenvalue weighted by Crippen LogP contribution is -1.97. The molecule has 0 unspecified atom stereocenters. The smallest absolute Gasteiger partial charge is 0.145 e. The van der Waals surface area contributed by atoms with Gasteiger partial charge >= 0.3 is 0 Å². The van der Waals surface area contributed by atoms with E-state index in [1.807, 2.05) is 13.8 Å². The first-order chi connectivity index (χ1) is 5.15. The van der Waals surface area contributed by atoms with Crippen LogP contribution in [0.4, 0.5) is 0 Å². The zero-order valence-corrected chi connectivity index (χ0v) is 7.87. The Morgan fingerprint density at radius 2 is 1.91 bits per heavy atom. The summed E-state index contributed by atoms with van der Waals surface area (Å²) in [5, 5.41) is 0.494. The molecular weight excluding hydrogens is 183 g/mol. The highest BCUT2D eigenvalue weighted by molar-refractivity contribution is 6.30. The Bertz CT molecular complexity index is 250. The monoisotopic (exact) mass is 190 g/mol. The van der Waals surface area contributed by atoms with Crippen molar-refractivity contribution in [3.8, 4) is 0 Å². The van der Waals surface area contributed by atoms with Crippen molar-refractivity contribution < 1.29 is 0 Å². The number of hydrogen-bond acceptors (Lipinski definition) is 2. The van der Waals surface area contributed by atoms with E-state index < -0.39 is 0 Å². The molecule has 0 saturated carbocycles. The number of alkyl halides is 1. The maximum absolute atomic E-state index is 5.79. The number of halogens is 2. The molecule has 0 aliphatic carbocycles. The standard InChI is InChI=1S/C7H8Cl2N2/c1-4-5(2)10-6(3-8)11-7(4)9/h3H2,1-2H3. The van der Waals surface area contributed by atoms with Crippen molar-refractivity contribution in [2.45, 2.75) is 19.7 Å². The number of aromatic nitrogens is 2. The van der Waals surface area contributed by atoms with Crippen molar-refractivity contribution in [3.63, 3.8) is 0 Å². The molecule has 0 N–H and O–H groups in total. The van der Waals surface area contributed by atoms with Gasteiger partial charge in [-0.1, -0.05) is 11.6 Å². The predicted molar refractivity (Wildman–Crippen MR) is 46.1 cm³/mol. The molecule has 0 amide bonds. The minimum absolute atomic E-state index is 0.306. The Morgan fingerprint density at radius 3 is 2.36 bits per heavy atom. The number of hydrogen-bond donors (Lipinski definition) is 0. The molecule has 1 aromatic rings. The summed E-state index contributed by atoms with van der Waals surface area (Å²) in [7, 11) is 0. The van der Waals surface area contributed by atoms with Crippen LogP contribution in [0.25, 0.3) is 0 Å². The second-order valence-electron chi connectivity index (χ2n) is 2.27. The van der Waals surface area contributed by atoms with Crippen LogP contribution < -0.4 is 0 Å². The van der Waals surface area contributed by atoms with E-state index in [1.165, 1.54) is 0 Å². The summed E-state index contributed by atoms with van der Waals surface area (Å²) in [5.41, 5.74) is 1.81. The van der Waals surface area contributed by atoms with Gasteiger partial charge in [-0.25, -0.2) is 9.97 Å². The van der Waals surface area contributed by atoms with Crippen LogP contribution in [0.15, 0.2) is 0 Å². The third-order valence-corrected chi connectivity index (χ3v) is 2.10. The van der Waals surface area contributed by atoms with Crippen molar-refractivity contribution in [2.24, 2.45) is 0 Å². The van der Waals surface area contributed by atoms with E-state index >= 15 is 0 Å². The lowest BCUT2D eigenvalue weighted by Gasteiger charge is -2.02. The van der Waals surface area contributed by atoms with Gasteiger partial charge < -0.3 is 0 Å². The zero-order chi connectivity index (χ0) is 8.43. The summed E-state index contributed by atoms with van der Waals surface area (Å²) in [6.45, 7) is 3.77. The van der Waals surface area contributed by atoms with Crippen molar-refractivity contribution in [3.05, 3.63) is 22.2 Å². The molecule has 1 aromatic heterocycles. The van der Waals surface area contributed by atoms with Crippen molar-refractivity contribution in [1.29, 1.82) is 0 Å². The first kappa shape index (κ1) is 8.75. The Kier molecular flexibility index (Phi) is 2.68. The molecule has 0 aliphatic rings. The highest BCUT2D eigenvalue weighted by Crippen LogP contribution is 2.14. The van der Waals surface area contributed by atoms with E-state index in [-0.39, 0.29) is 0 Å². The highest BCUT2D eigenvalue weighted by Gasteiger charge is 2.03. The Morgan fingerprint density at radius 1 is 1.27 bits per heavy atom. The van der Waals surface area contributed by atoms with Crippen LogP contribution in [0.1, 0.15) is 17.1 Å². The second-order valence-corrected chi connectivity index (χ2v) is 2.90. The second kappa shape index (κ2) is 3.37. The normalized spacial score (nSPS) is 10.2. The van der Waals surface area contributed by atoms with Gasteiger partial charge in [0.05, 0.1) is 5.88 Å². The van der Waals surface area contributed by atoms with Crippen LogP contribution >= 0.6 is 23.2 Å². The molecule has 0 radical (unpaired) electrons. The first-order valence-electron chi connectivity index (χ1n) is 3.20. The topological polar surface area (TPSA) is 25.8 Å². The van der Waals surface area contributed by atoms with E-state index in [0.717, 1.165) is 11.3 Å². The number of nitrogens with zero attached hydrogens (tertiary/aromatic N) is 2. The Labute approximate surface area is 75.6 Å². The first-order valence-corrected chi connectivity index (χ1v) is 4.12. The minimum Gasteiger partial charge on any atom is -0.237 e. The fraction of sp³-hybridized carbons (Fsp3) is 0.429. The largest absolute Gasteiger partial charge is 0.237 e. The lowest BCUT2D eigenvalue weighted by atomic mass is 10.3. The minimum atomic E-state index is 0.306. The molecule has 0 aromatic carbocycles. The van der Waals surface area contributed by atoms with E-state index in [9.17, 15) is 0 Å². The van der Waals surface area contributed by atoms with Crippen LogP contribution in [0, 0.1) is 13.8 Å². The van der Waals surface area contributed by atoms with Crippen molar-refractivity contribution in [1.82, 2.24) is 9.97 Å². The van der Waals surface area contributed by atoms with E-state index in [0.29, 0.717) is 16.9 Å². The molecular formula is C7H8Cl2N2. The summed E-state index contributed by atoms with van der Waals surface area (Å²) >= 11 is 11.3. The van der Waals surface area contributed by atoms with Gasteiger partial charge in [-0.15, -0.1) is 11.6 Å². The van der Waals surface area contributed by atoms with E-state index in [1.54, 1.807) is 0 Å². The summed E-state index contributed by atoms with van der Waals surface area (Å²) in [6, 6.07) is 0. The highest BCUT2D eigenvalue weighted by atomic mass is 35.5. The quantitative estimate of drug-likeness (QED) is 0.503. The van der Waals surface area contributed by atoms with E-state index in [4.69, 9.17) is 23.2 Å². The van der Waals surface area contributed by atoms with Crippen LogP contribution in [0.5, 0.6) is 0 Å². The molecule has 0 bridgehead atoms. The SMILES string of the molecule is Cc1nc(CCl)nc(Cl)c1C. The molecule has 0 aliphatic heterocycles. The molecule has 4 heteroatoms. The van der Waals surface area contributed by atoms with Crippen molar-refractivity contribution in [2.75, 3.05) is 0 Å². The summed E-state index contributed by atoms with van der Waals surface area (Å²) in [4.78, 5) is 8.10. The maximum Gasteiger partial charge on any atom is 0.145 e. The fourth-order valence-electron chi connectivity index (χ4n) is 0.709. The molecule has 1 heterocycles. The molecule has 0 fully saturated rings. The average Bonchev–Trinajstić information content (AvgIpc) is 1.99. The Balaban J connectivity index is 3.21. The summed E-state index contributed by atoms with van der Waals surface area (Å²) in [5.74, 6) is 0.890. The zero-order valence-electron chi connectivity index (χ0n) is 6.36. The van der Waals surface area contributed by atoms with Gasteiger partial charge in [-0.3, -0.25) is 0 Å². The van der Waals surface area contributed by atoms with Gasteiger partial charge in [0.1, 0.15) is 11.0 Å². The van der Waals surface area contributed by atoms with Crippen LogP contribution in [0.2, 0.25) is 5.15 Å². The van der Waals surface area contributed by atoms with Gasteiger partial charge in [0.25, 0.3) is 0 Å².